The van der Waals surface area contributed by atoms with E-state index in [0.29, 0.717) is 11.9 Å². The summed E-state index contributed by atoms with van der Waals surface area (Å²) in [6, 6.07) is 0. The second-order valence-corrected chi connectivity index (χ2v) is 7.76. The third-order valence-corrected chi connectivity index (χ3v) is 5.27. The highest BCUT2D eigenvalue weighted by Gasteiger charge is 2.15. The molecule has 0 fully saturated rings. The van der Waals surface area contributed by atoms with Crippen LogP contribution in [0, 0.1) is 0 Å². The Balaban J connectivity index is 3.37. The molecule has 0 aliphatic heterocycles. The highest BCUT2D eigenvalue weighted by atomic mass is 79.9. The van der Waals surface area contributed by atoms with Gasteiger partial charge in [-0.1, -0.05) is 113 Å². The molecule has 1 atom stereocenters. The lowest BCUT2D eigenvalue weighted by Gasteiger charge is -2.18. The SMILES string of the molecule is C=C(CBr)C(OCCCCCCCCCCCCCCCC)OC(C)=O. The van der Waals surface area contributed by atoms with Crippen molar-refractivity contribution in [2.24, 2.45) is 0 Å². The average Bonchev–Trinajstić information content (AvgIpc) is 2.62. The Morgan fingerprint density at radius 3 is 1.65 bits per heavy atom. The molecule has 0 N–H and O–H groups in total. The van der Waals surface area contributed by atoms with Crippen LogP contribution < -0.4 is 0 Å². The van der Waals surface area contributed by atoms with Crippen LogP contribution in [-0.2, 0) is 14.3 Å². The van der Waals surface area contributed by atoms with Gasteiger partial charge in [-0.15, -0.1) is 0 Å². The number of unbranched alkanes of at least 4 members (excludes halogenated alkanes) is 13. The molecule has 0 aliphatic carbocycles. The van der Waals surface area contributed by atoms with E-state index < -0.39 is 6.29 Å². The van der Waals surface area contributed by atoms with E-state index in [1.807, 2.05) is 0 Å². The molecule has 4 heteroatoms. The van der Waals surface area contributed by atoms with Crippen LogP contribution in [0.1, 0.15) is 104 Å². The first kappa shape index (κ1) is 25.6. The zero-order valence-corrected chi connectivity index (χ0v) is 18.8. The van der Waals surface area contributed by atoms with Crippen LogP contribution in [0.3, 0.4) is 0 Å². The van der Waals surface area contributed by atoms with E-state index in [4.69, 9.17) is 9.47 Å². The van der Waals surface area contributed by atoms with E-state index in [1.54, 1.807) is 0 Å². The predicted molar refractivity (Wildman–Crippen MR) is 115 cm³/mol. The lowest BCUT2D eigenvalue weighted by atomic mass is 10.0. The molecule has 0 aromatic carbocycles. The van der Waals surface area contributed by atoms with Crippen molar-refractivity contribution in [2.45, 2.75) is 110 Å². The summed E-state index contributed by atoms with van der Waals surface area (Å²) >= 11 is 3.32. The number of rotatable bonds is 19. The molecule has 1 unspecified atom stereocenters. The summed E-state index contributed by atoms with van der Waals surface area (Å²) in [6.45, 7) is 8.14. The molecule has 0 aromatic heterocycles. The summed E-state index contributed by atoms with van der Waals surface area (Å²) in [4.78, 5) is 11.1. The monoisotopic (exact) mass is 432 g/mol. The van der Waals surface area contributed by atoms with Crippen molar-refractivity contribution in [2.75, 3.05) is 11.9 Å². The summed E-state index contributed by atoms with van der Waals surface area (Å²) in [5.74, 6) is -0.335. The van der Waals surface area contributed by atoms with Gasteiger partial charge < -0.3 is 9.47 Å². The van der Waals surface area contributed by atoms with Gasteiger partial charge in [-0.05, 0) is 6.42 Å². The Morgan fingerprint density at radius 1 is 0.846 bits per heavy atom. The van der Waals surface area contributed by atoms with Crippen LogP contribution in [0.15, 0.2) is 12.2 Å². The zero-order chi connectivity index (χ0) is 19.5. The second kappa shape index (κ2) is 19.4. The minimum atomic E-state index is -0.617. The lowest BCUT2D eigenvalue weighted by molar-refractivity contribution is -0.168. The summed E-state index contributed by atoms with van der Waals surface area (Å²) in [7, 11) is 0. The quantitative estimate of drug-likeness (QED) is 0.0704. The molecule has 3 nitrogen and oxygen atoms in total. The number of carbonyl (C=O) groups is 1. The summed E-state index contributed by atoms with van der Waals surface area (Å²) < 4.78 is 10.8. The fourth-order valence-corrected chi connectivity index (χ4v) is 3.20. The van der Waals surface area contributed by atoms with Gasteiger partial charge in [0.1, 0.15) is 0 Å². The molecule has 0 amide bonds. The van der Waals surface area contributed by atoms with E-state index in [1.165, 1.54) is 90.4 Å². The third-order valence-electron chi connectivity index (χ3n) is 4.55. The minimum absolute atomic E-state index is 0.335. The second-order valence-electron chi connectivity index (χ2n) is 7.20. The number of halogens is 1. The average molecular weight is 433 g/mol. The maximum atomic E-state index is 11.1. The molecule has 26 heavy (non-hydrogen) atoms. The summed E-state index contributed by atoms with van der Waals surface area (Å²) in [5, 5.41) is 0.573. The maximum Gasteiger partial charge on any atom is 0.305 e. The molecule has 0 aliphatic rings. The van der Waals surface area contributed by atoms with Crippen molar-refractivity contribution in [3.63, 3.8) is 0 Å². The molecule has 0 spiro atoms. The molecular weight excluding hydrogens is 392 g/mol. The zero-order valence-electron chi connectivity index (χ0n) is 17.2. The predicted octanol–water partition coefficient (Wildman–Crippen LogP) is 7.32. The molecule has 0 saturated carbocycles. The van der Waals surface area contributed by atoms with Crippen LogP contribution in [0.4, 0.5) is 0 Å². The molecule has 0 aromatic rings. The minimum Gasteiger partial charge on any atom is -0.432 e. The third kappa shape index (κ3) is 17.1. The van der Waals surface area contributed by atoms with Gasteiger partial charge in [-0.25, -0.2) is 0 Å². The van der Waals surface area contributed by atoms with Gasteiger partial charge in [0.05, 0.1) is 6.61 Å². The Kier molecular flexibility index (Phi) is 19.2. The molecule has 0 radical (unpaired) electrons. The van der Waals surface area contributed by atoms with Gasteiger partial charge in [0.15, 0.2) is 0 Å². The highest BCUT2D eigenvalue weighted by molar-refractivity contribution is 9.09. The molecular formula is C22H41BrO3. The molecule has 0 rings (SSSR count). The Bertz CT molecular complexity index is 344. The summed E-state index contributed by atoms with van der Waals surface area (Å²) in [5.41, 5.74) is 0.741. The van der Waals surface area contributed by atoms with E-state index in [9.17, 15) is 4.79 Å². The van der Waals surface area contributed by atoms with Crippen molar-refractivity contribution >= 4 is 21.9 Å². The number of carbonyl (C=O) groups excluding carboxylic acids is 1. The van der Waals surface area contributed by atoms with Crippen LogP contribution in [0.5, 0.6) is 0 Å². The van der Waals surface area contributed by atoms with E-state index in [0.717, 1.165) is 12.0 Å². The van der Waals surface area contributed by atoms with E-state index in [-0.39, 0.29) is 5.97 Å². The Morgan fingerprint density at radius 2 is 1.27 bits per heavy atom. The van der Waals surface area contributed by atoms with Crippen molar-refractivity contribution in [1.82, 2.24) is 0 Å². The smallest absolute Gasteiger partial charge is 0.305 e. The Hall–Kier alpha value is -0.350. The first-order chi connectivity index (χ1) is 12.6. The van der Waals surface area contributed by atoms with Gasteiger partial charge in [-0.2, -0.15) is 0 Å². The maximum absolute atomic E-state index is 11.1. The van der Waals surface area contributed by atoms with E-state index >= 15 is 0 Å². The molecule has 0 bridgehead atoms. The van der Waals surface area contributed by atoms with Gasteiger partial charge in [0.25, 0.3) is 0 Å². The lowest BCUT2D eigenvalue weighted by Crippen LogP contribution is -2.23. The van der Waals surface area contributed by atoms with Gasteiger partial charge in [0.2, 0.25) is 6.29 Å². The largest absolute Gasteiger partial charge is 0.432 e. The number of ether oxygens (including phenoxy) is 2. The first-order valence-corrected chi connectivity index (χ1v) is 11.8. The standard InChI is InChI=1S/C22H41BrO3/c1-4-5-6-7-8-9-10-11-12-13-14-15-16-17-18-25-22(20(2)19-23)26-21(3)24/h22H,2,4-19H2,1,3H3. The topological polar surface area (TPSA) is 35.5 Å². The van der Waals surface area contributed by atoms with Crippen molar-refractivity contribution < 1.29 is 14.3 Å². The number of alkyl halides is 1. The molecule has 0 saturated heterocycles. The normalized spacial score (nSPS) is 12.1. The first-order valence-electron chi connectivity index (χ1n) is 10.6. The van der Waals surface area contributed by atoms with Crippen LogP contribution >= 0.6 is 15.9 Å². The number of hydrogen-bond donors (Lipinski definition) is 0. The highest BCUT2D eigenvalue weighted by Crippen LogP contribution is 2.14. The van der Waals surface area contributed by atoms with Crippen molar-refractivity contribution in [3.05, 3.63) is 12.2 Å². The van der Waals surface area contributed by atoms with Crippen molar-refractivity contribution in [1.29, 1.82) is 0 Å². The fourth-order valence-electron chi connectivity index (χ4n) is 2.94. The van der Waals surface area contributed by atoms with Crippen LogP contribution in [-0.4, -0.2) is 24.2 Å². The van der Waals surface area contributed by atoms with Gasteiger partial charge in [0, 0.05) is 17.8 Å². The van der Waals surface area contributed by atoms with Gasteiger partial charge >= 0.3 is 5.97 Å². The fraction of sp³-hybridized carbons (Fsp3) is 0.864. The summed E-state index contributed by atoms with van der Waals surface area (Å²) in [6.07, 6.45) is 18.1. The van der Waals surface area contributed by atoms with Gasteiger partial charge in [-0.3, -0.25) is 4.79 Å². The molecule has 0 heterocycles. The Labute approximate surface area is 170 Å². The van der Waals surface area contributed by atoms with Crippen LogP contribution in [0.2, 0.25) is 0 Å². The van der Waals surface area contributed by atoms with Crippen molar-refractivity contribution in [3.8, 4) is 0 Å². The number of hydrogen-bond acceptors (Lipinski definition) is 3. The van der Waals surface area contributed by atoms with E-state index in [2.05, 4.69) is 29.4 Å². The molecule has 154 valence electrons. The van der Waals surface area contributed by atoms with Crippen LogP contribution in [0.25, 0.3) is 0 Å². The number of esters is 1.